The Morgan fingerprint density at radius 2 is 1.84 bits per heavy atom. The first kappa shape index (κ1) is 23.6. The predicted molar refractivity (Wildman–Crippen MR) is 116 cm³/mol. The van der Waals surface area contributed by atoms with Gasteiger partial charge in [0.05, 0.1) is 12.1 Å². The van der Waals surface area contributed by atoms with E-state index in [1.807, 2.05) is 18.2 Å². The van der Waals surface area contributed by atoms with Crippen LogP contribution in [0, 0.1) is 18.6 Å². The van der Waals surface area contributed by atoms with E-state index in [0.29, 0.717) is 18.0 Å². The number of aromatic nitrogens is 1. The van der Waals surface area contributed by atoms with Gasteiger partial charge >= 0.3 is 0 Å². The van der Waals surface area contributed by atoms with Gasteiger partial charge in [-0.05, 0) is 41.7 Å². The minimum atomic E-state index is -1.02. The third-order valence-corrected chi connectivity index (χ3v) is 5.09. The molecule has 2 atom stereocenters. The van der Waals surface area contributed by atoms with E-state index in [1.165, 1.54) is 24.0 Å². The normalized spacial score (nSPS) is 13.0. The molecule has 32 heavy (non-hydrogen) atoms. The number of nitrogens with one attached hydrogen (secondary N) is 2. The molecular formula is C24H27F2N3O3. The summed E-state index contributed by atoms with van der Waals surface area (Å²) in [6.07, 6.45) is 1.16. The van der Waals surface area contributed by atoms with Crippen molar-refractivity contribution in [3.63, 3.8) is 0 Å². The Hall–Kier alpha value is -3.10. The van der Waals surface area contributed by atoms with Crippen molar-refractivity contribution in [3.8, 4) is 0 Å². The van der Waals surface area contributed by atoms with Crippen LogP contribution in [0.4, 0.5) is 8.78 Å². The molecule has 3 N–H and O–H groups in total. The molecule has 0 saturated heterocycles. The number of hydrogen-bond donors (Lipinski definition) is 3. The number of aryl methyl sites for hydroxylation is 2. The van der Waals surface area contributed by atoms with Gasteiger partial charge in [0.1, 0.15) is 17.9 Å². The lowest BCUT2D eigenvalue weighted by Crippen LogP contribution is -2.48. The zero-order chi connectivity index (χ0) is 23.1. The monoisotopic (exact) mass is 443 g/mol. The molecule has 0 radical (unpaired) electrons. The van der Waals surface area contributed by atoms with Crippen molar-refractivity contribution in [2.75, 3.05) is 6.54 Å². The minimum absolute atomic E-state index is 0.0332. The molecule has 0 aliphatic rings. The summed E-state index contributed by atoms with van der Waals surface area (Å²) in [5.74, 6) is -1.66. The van der Waals surface area contributed by atoms with Crippen molar-refractivity contribution in [2.45, 2.75) is 45.4 Å². The first-order valence-electron chi connectivity index (χ1n) is 10.5. The first-order valence-corrected chi connectivity index (χ1v) is 10.5. The fourth-order valence-corrected chi connectivity index (χ4v) is 3.44. The van der Waals surface area contributed by atoms with Crippen molar-refractivity contribution in [1.29, 1.82) is 0 Å². The molecular weight excluding hydrogens is 416 g/mol. The molecule has 1 amide bonds. The highest BCUT2D eigenvalue weighted by Crippen LogP contribution is 2.13. The Labute approximate surface area is 185 Å². The second-order valence-corrected chi connectivity index (χ2v) is 7.69. The third-order valence-electron chi connectivity index (χ3n) is 5.09. The van der Waals surface area contributed by atoms with E-state index in [2.05, 4.69) is 28.6 Å². The quantitative estimate of drug-likeness (QED) is 0.448. The molecule has 6 nitrogen and oxygen atoms in total. The van der Waals surface area contributed by atoms with E-state index in [9.17, 15) is 18.7 Å². The summed E-state index contributed by atoms with van der Waals surface area (Å²) in [6.45, 7) is 4.38. The van der Waals surface area contributed by atoms with Crippen LogP contribution in [0.1, 0.15) is 40.0 Å². The molecule has 1 aromatic heterocycles. The Bertz CT molecular complexity index is 1030. The highest BCUT2D eigenvalue weighted by molar-refractivity contribution is 5.92. The van der Waals surface area contributed by atoms with E-state index in [0.717, 1.165) is 18.1 Å². The number of carbonyl (C=O) groups is 1. The zero-order valence-electron chi connectivity index (χ0n) is 18.1. The highest BCUT2D eigenvalue weighted by atomic mass is 19.1. The van der Waals surface area contributed by atoms with Crippen LogP contribution in [0.25, 0.3) is 0 Å². The average molecular weight is 443 g/mol. The molecule has 170 valence electrons. The number of benzene rings is 2. The molecule has 3 aromatic rings. The first-order chi connectivity index (χ1) is 15.3. The molecule has 1 heterocycles. The maximum atomic E-state index is 13.6. The molecule has 0 fully saturated rings. The number of oxazole rings is 1. The van der Waals surface area contributed by atoms with Crippen LogP contribution >= 0.6 is 0 Å². The van der Waals surface area contributed by atoms with Gasteiger partial charge in [-0.25, -0.2) is 13.8 Å². The van der Waals surface area contributed by atoms with Crippen molar-refractivity contribution in [2.24, 2.45) is 0 Å². The minimum Gasteiger partial charge on any atom is -0.448 e. The van der Waals surface area contributed by atoms with Crippen LogP contribution in [0.3, 0.4) is 0 Å². The topological polar surface area (TPSA) is 87.4 Å². The van der Waals surface area contributed by atoms with Gasteiger partial charge in [0.2, 0.25) is 0 Å². The maximum Gasteiger partial charge on any atom is 0.273 e. The predicted octanol–water partition coefficient (Wildman–Crippen LogP) is 3.32. The fourth-order valence-electron chi connectivity index (χ4n) is 3.44. The molecule has 0 aliphatic heterocycles. The van der Waals surface area contributed by atoms with Crippen molar-refractivity contribution >= 4 is 5.91 Å². The Kier molecular flexibility index (Phi) is 8.08. The zero-order valence-corrected chi connectivity index (χ0v) is 18.1. The number of rotatable bonds is 10. The van der Waals surface area contributed by atoms with Crippen LogP contribution in [0.5, 0.6) is 0 Å². The van der Waals surface area contributed by atoms with Gasteiger partial charge < -0.3 is 20.2 Å². The van der Waals surface area contributed by atoms with Gasteiger partial charge in [-0.2, -0.15) is 0 Å². The van der Waals surface area contributed by atoms with Crippen LogP contribution in [-0.2, 0) is 19.4 Å². The molecule has 0 saturated carbocycles. The second kappa shape index (κ2) is 11.0. The van der Waals surface area contributed by atoms with Gasteiger partial charge in [0, 0.05) is 26.1 Å². The summed E-state index contributed by atoms with van der Waals surface area (Å²) in [6, 6.07) is 10.4. The summed E-state index contributed by atoms with van der Waals surface area (Å²) >= 11 is 0. The molecule has 0 aliphatic carbocycles. The summed E-state index contributed by atoms with van der Waals surface area (Å²) in [7, 11) is 0. The number of carbonyl (C=O) groups excluding carboxylic acids is 1. The Morgan fingerprint density at radius 3 is 2.50 bits per heavy atom. The lowest BCUT2D eigenvalue weighted by molar-refractivity contribution is 0.0825. The molecule has 8 heteroatoms. The molecule has 2 aromatic carbocycles. The third kappa shape index (κ3) is 6.70. The van der Waals surface area contributed by atoms with Crippen molar-refractivity contribution < 1.29 is 23.1 Å². The fraction of sp³-hybridized carbons (Fsp3) is 0.333. The van der Waals surface area contributed by atoms with Crippen LogP contribution in [0.15, 0.2) is 53.1 Å². The molecule has 0 bridgehead atoms. The summed E-state index contributed by atoms with van der Waals surface area (Å²) in [4.78, 5) is 16.5. The highest BCUT2D eigenvalue weighted by Gasteiger charge is 2.24. The van der Waals surface area contributed by atoms with Gasteiger partial charge in [-0.15, -0.1) is 0 Å². The van der Waals surface area contributed by atoms with Crippen LogP contribution in [0.2, 0.25) is 0 Å². The standard InChI is InChI=1S/C24H27F2N3O3/c1-3-16-5-4-6-17(7-16)12-27-13-23(30)21(10-18-8-19(25)11-20(26)9-18)29-24(31)22-14-32-15(2)28-22/h4-9,11,14,21,23,27,30H,3,10,12-13H2,1-2H3,(H,29,31). The van der Waals surface area contributed by atoms with Gasteiger partial charge in [-0.3, -0.25) is 4.79 Å². The summed E-state index contributed by atoms with van der Waals surface area (Å²) in [5.41, 5.74) is 2.67. The number of amides is 1. The number of aliphatic hydroxyl groups excluding tert-OH is 1. The van der Waals surface area contributed by atoms with E-state index >= 15 is 0 Å². The second-order valence-electron chi connectivity index (χ2n) is 7.69. The number of aliphatic hydroxyl groups is 1. The van der Waals surface area contributed by atoms with Gasteiger partial charge in [0.25, 0.3) is 5.91 Å². The molecule has 3 rings (SSSR count). The van der Waals surface area contributed by atoms with E-state index in [4.69, 9.17) is 4.42 Å². The number of halogens is 2. The van der Waals surface area contributed by atoms with E-state index < -0.39 is 29.7 Å². The number of hydrogen-bond acceptors (Lipinski definition) is 5. The van der Waals surface area contributed by atoms with E-state index in [1.54, 1.807) is 6.92 Å². The molecule has 0 spiro atoms. The Balaban J connectivity index is 1.68. The average Bonchev–Trinajstić information content (AvgIpc) is 3.19. The smallest absolute Gasteiger partial charge is 0.273 e. The SMILES string of the molecule is CCc1cccc(CNCC(O)C(Cc2cc(F)cc(F)c2)NC(=O)c2coc(C)n2)c1. The summed E-state index contributed by atoms with van der Waals surface area (Å²) < 4.78 is 32.3. The lowest BCUT2D eigenvalue weighted by atomic mass is 10.00. The Morgan fingerprint density at radius 1 is 1.12 bits per heavy atom. The van der Waals surface area contributed by atoms with Crippen molar-refractivity contribution in [3.05, 3.63) is 88.6 Å². The lowest BCUT2D eigenvalue weighted by Gasteiger charge is -2.24. The molecule has 2 unspecified atom stereocenters. The van der Waals surface area contributed by atoms with Crippen molar-refractivity contribution in [1.82, 2.24) is 15.6 Å². The number of nitrogens with zero attached hydrogens (tertiary/aromatic N) is 1. The summed E-state index contributed by atoms with van der Waals surface area (Å²) in [5, 5.41) is 16.7. The van der Waals surface area contributed by atoms with Crippen LogP contribution < -0.4 is 10.6 Å². The maximum absolute atomic E-state index is 13.6. The van der Waals surface area contributed by atoms with Gasteiger partial charge in [0.15, 0.2) is 11.6 Å². The van der Waals surface area contributed by atoms with E-state index in [-0.39, 0.29) is 18.7 Å². The van der Waals surface area contributed by atoms with Crippen LogP contribution in [-0.4, -0.2) is 34.7 Å². The van der Waals surface area contributed by atoms with Gasteiger partial charge in [-0.1, -0.05) is 31.2 Å². The largest absolute Gasteiger partial charge is 0.448 e.